The Balaban J connectivity index is 2.43. The topological polar surface area (TPSA) is 46.2 Å². The number of hydrogen-bond donors (Lipinski definition) is 1. The maximum absolute atomic E-state index is 10.8. The Morgan fingerprint density at radius 2 is 1.86 bits per heavy atom. The average Bonchev–Trinajstić information content (AvgIpc) is 2.06. The fraction of sp³-hybridized carbons (Fsp3) is 0.333. The molecular weight excluding hydrogens is 222 g/mol. The van der Waals surface area contributed by atoms with Crippen LogP contribution in [0.4, 0.5) is 5.69 Å². The van der Waals surface area contributed by atoms with Gasteiger partial charge in [0.05, 0.1) is 5.75 Å². The van der Waals surface area contributed by atoms with Crippen LogP contribution in [0.5, 0.6) is 0 Å². The molecule has 0 aliphatic carbocycles. The lowest BCUT2D eigenvalue weighted by atomic mass is 10.3. The molecule has 0 saturated carbocycles. The highest BCUT2D eigenvalue weighted by atomic mass is 35.5. The quantitative estimate of drug-likeness (QED) is 0.863. The fourth-order valence-electron chi connectivity index (χ4n) is 0.949. The lowest BCUT2D eigenvalue weighted by Crippen LogP contribution is -2.13. The number of hydrogen-bond acceptors (Lipinski definition) is 3. The summed E-state index contributed by atoms with van der Waals surface area (Å²) < 4.78 is 21.6. The van der Waals surface area contributed by atoms with Crippen molar-refractivity contribution in [3.63, 3.8) is 0 Å². The van der Waals surface area contributed by atoms with Crippen molar-refractivity contribution in [2.75, 3.05) is 23.9 Å². The first-order chi connectivity index (χ1) is 6.47. The Morgan fingerprint density at radius 3 is 2.36 bits per heavy atom. The third-order valence-electron chi connectivity index (χ3n) is 1.65. The van der Waals surface area contributed by atoms with Crippen LogP contribution in [0, 0.1) is 0 Å². The van der Waals surface area contributed by atoms with Crippen molar-refractivity contribution in [2.24, 2.45) is 0 Å². The summed E-state index contributed by atoms with van der Waals surface area (Å²) in [6.45, 7) is 0.417. The highest BCUT2D eigenvalue weighted by Gasteiger charge is 2.00. The summed E-state index contributed by atoms with van der Waals surface area (Å²) in [5.74, 6) is 0.135. The minimum atomic E-state index is -2.89. The van der Waals surface area contributed by atoms with Crippen molar-refractivity contribution in [2.45, 2.75) is 0 Å². The molecule has 1 rings (SSSR count). The molecule has 0 aromatic heterocycles. The van der Waals surface area contributed by atoms with E-state index < -0.39 is 9.84 Å². The monoisotopic (exact) mass is 233 g/mol. The van der Waals surface area contributed by atoms with E-state index in [-0.39, 0.29) is 5.75 Å². The van der Waals surface area contributed by atoms with Gasteiger partial charge in [0.25, 0.3) is 0 Å². The molecule has 1 N–H and O–H groups in total. The SMILES string of the molecule is CS(=O)(=O)CCNc1ccc(Cl)cc1. The van der Waals surface area contributed by atoms with Gasteiger partial charge in [0.1, 0.15) is 9.84 Å². The Morgan fingerprint density at radius 1 is 1.29 bits per heavy atom. The Labute approximate surface area is 89.0 Å². The van der Waals surface area contributed by atoms with Crippen LogP contribution < -0.4 is 5.32 Å². The molecule has 0 spiro atoms. The lowest BCUT2D eigenvalue weighted by molar-refractivity contribution is 0.602. The predicted molar refractivity (Wildman–Crippen MR) is 59.7 cm³/mol. The summed E-state index contributed by atoms with van der Waals surface area (Å²) >= 11 is 5.69. The normalized spacial score (nSPS) is 11.3. The Bertz CT molecular complexity index is 386. The van der Waals surface area contributed by atoms with Crippen molar-refractivity contribution in [1.82, 2.24) is 0 Å². The third kappa shape index (κ3) is 4.48. The van der Waals surface area contributed by atoms with Crippen LogP contribution in [0.15, 0.2) is 24.3 Å². The first-order valence-electron chi connectivity index (χ1n) is 4.14. The molecule has 0 atom stereocenters. The summed E-state index contributed by atoms with van der Waals surface area (Å²) in [7, 11) is -2.89. The molecule has 3 nitrogen and oxygen atoms in total. The molecule has 0 aliphatic heterocycles. The van der Waals surface area contributed by atoms with Crippen LogP contribution in [0.1, 0.15) is 0 Å². The van der Waals surface area contributed by atoms with Crippen molar-refractivity contribution in [3.05, 3.63) is 29.3 Å². The Kier molecular flexibility index (Phi) is 3.77. The molecule has 0 unspecified atom stereocenters. The molecule has 1 aromatic carbocycles. The first-order valence-corrected chi connectivity index (χ1v) is 6.58. The largest absolute Gasteiger partial charge is 0.384 e. The number of sulfone groups is 1. The van der Waals surface area contributed by atoms with E-state index in [9.17, 15) is 8.42 Å². The minimum Gasteiger partial charge on any atom is -0.384 e. The van der Waals surface area contributed by atoms with Gasteiger partial charge in [0, 0.05) is 23.5 Å². The lowest BCUT2D eigenvalue weighted by Gasteiger charge is -2.04. The summed E-state index contributed by atoms with van der Waals surface area (Å²) in [5.41, 5.74) is 0.873. The standard InChI is InChI=1S/C9H12ClNO2S/c1-14(12,13)7-6-11-9-4-2-8(10)3-5-9/h2-5,11H,6-7H2,1H3. The number of benzene rings is 1. The van der Waals surface area contributed by atoms with Crippen LogP contribution in [0.25, 0.3) is 0 Å². The summed E-state index contributed by atoms with van der Waals surface area (Å²) in [6, 6.07) is 7.13. The van der Waals surface area contributed by atoms with Crippen molar-refractivity contribution >= 4 is 27.1 Å². The van der Waals surface area contributed by atoms with Gasteiger partial charge in [-0.05, 0) is 24.3 Å². The number of halogens is 1. The zero-order valence-electron chi connectivity index (χ0n) is 7.83. The summed E-state index contributed by atoms with van der Waals surface area (Å²) in [6.07, 6.45) is 1.22. The maximum atomic E-state index is 10.8. The van der Waals surface area contributed by atoms with Crippen LogP contribution in [-0.4, -0.2) is 27.0 Å². The molecule has 1 aromatic rings. The van der Waals surface area contributed by atoms with E-state index in [1.54, 1.807) is 12.1 Å². The molecule has 0 radical (unpaired) electrons. The van der Waals surface area contributed by atoms with Gasteiger partial charge in [-0.2, -0.15) is 0 Å². The molecule has 0 bridgehead atoms. The first kappa shape index (κ1) is 11.3. The fourth-order valence-corrected chi connectivity index (χ4v) is 1.55. The predicted octanol–water partition coefficient (Wildman–Crippen LogP) is 1.80. The van der Waals surface area contributed by atoms with E-state index in [1.165, 1.54) is 6.26 Å². The molecule has 78 valence electrons. The molecular formula is C9H12ClNO2S. The highest BCUT2D eigenvalue weighted by Crippen LogP contribution is 2.12. The molecule has 0 saturated heterocycles. The second-order valence-corrected chi connectivity index (χ2v) is 5.76. The second-order valence-electron chi connectivity index (χ2n) is 3.06. The second kappa shape index (κ2) is 4.66. The zero-order valence-corrected chi connectivity index (χ0v) is 9.40. The van der Waals surface area contributed by atoms with Gasteiger partial charge in [-0.3, -0.25) is 0 Å². The molecule has 0 heterocycles. The number of rotatable bonds is 4. The number of anilines is 1. The molecule has 0 amide bonds. The molecule has 0 aliphatic rings. The maximum Gasteiger partial charge on any atom is 0.149 e. The van der Waals surface area contributed by atoms with E-state index in [0.29, 0.717) is 11.6 Å². The van der Waals surface area contributed by atoms with Crippen LogP contribution >= 0.6 is 11.6 Å². The van der Waals surface area contributed by atoms with E-state index in [1.807, 2.05) is 12.1 Å². The van der Waals surface area contributed by atoms with Crippen LogP contribution in [0.2, 0.25) is 5.02 Å². The minimum absolute atomic E-state index is 0.135. The molecule has 0 fully saturated rings. The van der Waals surface area contributed by atoms with Crippen LogP contribution in [0.3, 0.4) is 0 Å². The third-order valence-corrected chi connectivity index (χ3v) is 2.84. The van der Waals surface area contributed by atoms with Gasteiger partial charge in [0.15, 0.2) is 0 Å². The Hall–Kier alpha value is -0.740. The smallest absolute Gasteiger partial charge is 0.149 e. The van der Waals surface area contributed by atoms with Gasteiger partial charge < -0.3 is 5.32 Å². The van der Waals surface area contributed by atoms with Gasteiger partial charge in [-0.1, -0.05) is 11.6 Å². The highest BCUT2D eigenvalue weighted by molar-refractivity contribution is 7.90. The molecule has 5 heteroatoms. The van der Waals surface area contributed by atoms with Crippen molar-refractivity contribution in [1.29, 1.82) is 0 Å². The van der Waals surface area contributed by atoms with Crippen molar-refractivity contribution < 1.29 is 8.42 Å². The zero-order chi connectivity index (χ0) is 10.6. The van der Waals surface area contributed by atoms with Gasteiger partial charge >= 0.3 is 0 Å². The average molecular weight is 234 g/mol. The van der Waals surface area contributed by atoms with Gasteiger partial charge in [0.2, 0.25) is 0 Å². The van der Waals surface area contributed by atoms with Crippen molar-refractivity contribution in [3.8, 4) is 0 Å². The van der Waals surface area contributed by atoms with E-state index in [4.69, 9.17) is 11.6 Å². The van der Waals surface area contributed by atoms with Gasteiger partial charge in [-0.15, -0.1) is 0 Å². The van der Waals surface area contributed by atoms with Gasteiger partial charge in [-0.25, -0.2) is 8.42 Å². The summed E-state index contributed by atoms with van der Waals surface area (Å²) in [4.78, 5) is 0. The molecule has 14 heavy (non-hydrogen) atoms. The van der Waals surface area contributed by atoms with E-state index in [0.717, 1.165) is 5.69 Å². The number of nitrogens with one attached hydrogen (secondary N) is 1. The van der Waals surface area contributed by atoms with E-state index in [2.05, 4.69) is 5.32 Å². The summed E-state index contributed by atoms with van der Waals surface area (Å²) in [5, 5.41) is 3.66. The van der Waals surface area contributed by atoms with Crippen LogP contribution in [-0.2, 0) is 9.84 Å². The van der Waals surface area contributed by atoms with E-state index >= 15 is 0 Å².